The number of para-hydroxylation sites is 3. The number of rotatable bonds is 7. The fraction of sp³-hybridized carbons (Fsp3) is 0.0323. The number of halogens is 2. The number of amides is 5. The third kappa shape index (κ3) is 5.92. The molecule has 204 valence electrons. The second-order valence-electron chi connectivity index (χ2n) is 8.80. The minimum Gasteiger partial charge on any atom is -0.483 e. The number of anilines is 3. The second kappa shape index (κ2) is 12.0. The zero-order chi connectivity index (χ0) is 28.9. The van der Waals surface area contributed by atoms with Crippen molar-refractivity contribution in [1.29, 1.82) is 0 Å². The number of hydrogen-bond acceptors (Lipinski definition) is 5. The van der Waals surface area contributed by atoms with Gasteiger partial charge in [0.25, 0.3) is 17.7 Å². The number of urea groups is 1. The van der Waals surface area contributed by atoms with E-state index in [2.05, 4.69) is 21.2 Å². The molecule has 5 amide bonds. The summed E-state index contributed by atoms with van der Waals surface area (Å²) < 4.78 is 19.8. The number of barbiturate groups is 1. The summed E-state index contributed by atoms with van der Waals surface area (Å²) in [6.07, 6.45) is 1.39. The minimum atomic E-state index is -0.784. The van der Waals surface area contributed by atoms with Crippen LogP contribution in [0, 0.1) is 5.82 Å². The van der Waals surface area contributed by atoms with E-state index in [1.807, 2.05) is 0 Å². The normalized spacial score (nSPS) is 13.3. The molecule has 0 atom stereocenters. The molecule has 0 aromatic heterocycles. The highest BCUT2D eigenvalue weighted by molar-refractivity contribution is 9.10. The lowest BCUT2D eigenvalue weighted by Crippen LogP contribution is -2.57. The topological polar surface area (TPSA) is 96.0 Å². The summed E-state index contributed by atoms with van der Waals surface area (Å²) in [4.78, 5) is 54.6. The third-order valence-corrected chi connectivity index (χ3v) is 6.67. The van der Waals surface area contributed by atoms with Crippen molar-refractivity contribution in [2.75, 3.05) is 21.7 Å². The summed E-state index contributed by atoms with van der Waals surface area (Å²) in [6, 6.07) is 26.5. The van der Waals surface area contributed by atoms with Crippen molar-refractivity contribution in [3.63, 3.8) is 0 Å². The van der Waals surface area contributed by atoms with Crippen LogP contribution in [0.5, 0.6) is 5.75 Å². The molecule has 5 rings (SSSR count). The van der Waals surface area contributed by atoms with E-state index in [4.69, 9.17) is 4.74 Å². The number of nitrogens with one attached hydrogen (secondary N) is 1. The van der Waals surface area contributed by atoms with Gasteiger partial charge in [-0.05, 0) is 76.1 Å². The smallest absolute Gasteiger partial charge is 0.343 e. The number of nitrogens with zero attached hydrogens (tertiary/aromatic N) is 2. The molecule has 4 aromatic rings. The van der Waals surface area contributed by atoms with E-state index in [1.165, 1.54) is 24.3 Å². The Labute approximate surface area is 242 Å². The van der Waals surface area contributed by atoms with Crippen molar-refractivity contribution in [1.82, 2.24) is 0 Å². The lowest BCUT2D eigenvalue weighted by Gasteiger charge is -2.33. The van der Waals surface area contributed by atoms with Crippen LogP contribution in [-0.2, 0) is 14.4 Å². The van der Waals surface area contributed by atoms with E-state index < -0.39 is 29.6 Å². The molecule has 0 aliphatic carbocycles. The lowest BCUT2D eigenvalue weighted by molar-refractivity contribution is -0.121. The van der Waals surface area contributed by atoms with Crippen molar-refractivity contribution in [2.45, 2.75) is 0 Å². The molecule has 1 aliphatic rings. The summed E-state index contributed by atoms with van der Waals surface area (Å²) in [5, 5.41) is 2.44. The molecule has 0 bridgehead atoms. The standard InChI is InChI=1S/C31H21BrFN3O5/c32-24-18-20(15-16-27(24)41-19-28(37)34-26-14-8-7-13-25(26)33)17-23-29(38)35(21-9-3-1-4-10-21)31(40)36(30(23)39)22-11-5-2-6-12-22/h1-18H,19H2,(H,34,37). The van der Waals surface area contributed by atoms with Gasteiger partial charge in [0.15, 0.2) is 6.61 Å². The van der Waals surface area contributed by atoms with Crippen molar-refractivity contribution in [3.8, 4) is 5.75 Å². The van der Waals surface area contributed by atoms with Gasteiger partial charge in [-0.25, -0.2) is 19.0 Å². The molecule has 0 unspecified atom stereocenters. The van der Waals surface area contributed by atoms with Gasteiger partial charge in [-0.1, -0.05) is 54.6 Å². The number of carbonyl (C=O) groups excluding carboxylic acids is 4. The van der Waals surface area contributed by atoms with E-state index in [0.717, 1.165) is 9.80 Å². The monoisotopic (exact) mass is 613 g/mol. The maximum Gasteiger partial charge on any atom is 0.343 e. The van der Waals surface area contributed by atoms with Crippen molar-refractivity contribution in [2.24, 2.45) is 0 Å². The first-order valence-corrected chi connectivity index (χ1v) is 13.1. The highest BCUT2D eigenvalue weighted by atomic mass is 79.9. The predicted molar refractivity (Wildman–Crippen MR) is 156 cm³/mol. The zero-order valence-corrected chi connectivity index (χ0v) is 22.9. The van der Waals surface area contributed by atoms with Gasteiger partial charge in [-0.15, -0.1) is 0 Å². The molecule has 10 heteroatoms. The third-order valence-electron chi connectivity index (χ3n) is 6.05. The highest BCUT2D eigenvalue weighted by Crippen LogP contribution is 2.31. The second-order valence-corrected chi connectivity index (χ2v) is 9.65. The summed E-state index contributed by atoms with van der Waals surface area (Å²) in [5.74, 6) is -2.34. The first-order chi connectivity index (χ1) is 19.8. The summed E-state index contributed by atoms with van der Waals surface area (Å²) in [6.45, 7) is -0.384. The molecule has 0 saturated carbocycles. The largest absolute Gasteiger partial charge is 0.483 e. The van der Waals surface area contributed by atoms with Crippen molar-refractivity contribution < 1.29 is 28.3 Å². The van der Waals surface area contributed by atoms with Crippen molar-refractivity contribution >= 4 is 62.8 Å². The van der Waals surface area contributed by atoms with Gasteiger partial charge in [0.05, 0.1) is 21.5 Å². The molecular weight excluding hydrogens is 593 g/mol. The molecule has 1 saturated heterocycles. The Balaban J connectivity index is 1.40. The van der Waals surface area contributed by atoms with Gasteiger partial charge >= 0.3 is 6.03 Å². The van der Waals surface area contributed by atoms with E-state index in [0.29, 0.717) is 27.2 Å². The highest BCUT2D eigenvalue weighted by Gasteiger charge is 2.43. The Hall–Kier alpha value is -5.09. The van der Waals surface area contributed by atoms with Crippen LogP contribution in [-0.4, -0.2) is 30.4 Å². The van der Waals surface area contributed by atoms with Gasteiger partial charge in [-0.3, -0.25) is 14.4 Å². The average molecular weight is 614 g/mol. The Bertz CT molecular complexity index is 1610. The van der Waals surface area contributed by atoms with E-state index in [9.17, 15) is 23.6 Å². The molecule has 41 heavy (non-hydrogen) atoms. The van der Waals surface area contributed by atoms with E-state index in [1.54, 1.807) is 84.9 Å². The van der Waals surface area contributed by atoms with Crippen LogP contribution in [0.1, 0.15) is 5.56 Å². The SMILES string of the molecule is O=C(COc1ccc(C=C2C(=O)N(c3ccccc3)C(=O)N(c3ccccc3)C2=O)cc1Br)Nc1ccccc1F. The maximum absolute atomic E-state index is 13.8. The zero-order valence-electron chi connectivity index (χ0n) is 21.3. The summed E-state index contributed by atoms with van der Waals surface area (Å²) in [5.41, 5.74) is 0.923. The average Bonchev–Trinajstić information content (AvgIpc) is 2.97. The number of hydrogen-bond donors (Lipinski definition) is 1. The Morgan fingerprint density at radius 1 is 0.805 bits per heavy atom. The number of ether oxygens (including phenoxy) is 1. The quantitative estimate of drug-likeness (QED) is 0.198. The fourth-order valence-corrected chi connectivity index (χ4v) is 4.63. The molecule has 0 spiro atoms. The molecule has 1 heterocycles. The van der Waals surface area contributed by atoms with Gasteiger partial charge in [0, 0.05) is 0 Å². The maximum atomic E-state index is 13.8. The molecule has 1 fully saturated rings. The Morgan fingerprint density at radius 3 is 1.93 bits per heavy atom. The lowest BCUT2D eigenvalue weighted by atomic mass is 10.0. The molecule has 1 aliphatic heterocycles. The van der Waals surface area contributed by atoms with Crippen molar-refractivity contribution in [3.05, 3.63) is 125 Å². The van der Waals surface area contributed by atoms with Gasteiger partial charge < -0.3 is 10.1 Å². The Morgan fingerprint density at radius 2 is 1.37 bits per heavy atom. The number of imide groups is 2. The summed E-state index contributed by atoms with van der Waals surface area (Å²) >= 11 is 3.39. The van der Waals surface area contributed by atoms with Crippen LogP contribution < -0.4 is 19.9 Å². The predicted octanol–water partition coefficient (Wildman–Crippen LogP) is 6.19. The van der Waals surface area contributed by atoms with Crippen LogP contribution in [0.2, 0.25) is 0 Å². The first-order valence-electron chi connectivity index (χ1n) is 12.3. The van der Waals surface area contributed by atoms with Crippen LogP contribution >= 0.6 is 15.9 Å². The van der Waals surface area contributed by atoms with Crippen LogP contribution in [0.4, 0.5) is 26.2 Å². The molecule has 4 aromatic carbocycles. The molecular formula is C31H21BrFN3O5. The Kier molecular flexibility index (Phi) is 8.02. The number of carbonyl (C=O) groups is 4. The van der Waals surface area contributed by atoms with Gasteiger partial charge in [0.1, 0.15) is 17.1 Å². The fourth-order valence-electron chi connectivity index (χ4n) is 4.12. The molecule has 8 nitrogen and oxygen atoms in total. The first kappa shape index (κ1) is 27.5. The van der Waals surface area contributed by atoms with E-state index >= 15 is 0 Å². The van der Waals surface area contributed by atoms with Gasteiger partial charge in [-0.2, -0.15) is 0 Å². The number of benzene rings is 4. The van der Waals surface area contributed by atoms with E-state index in [-0.39, 0.29) is 17.9 Å². The van der Waals surface area contributed by atoms with Crippen LogP contribution in [0.3, 0.4) is 0 Å². The van der Waals surface area contributed by atoms with Crippen LogP contribution in [0.25, 0.3) is 6.08 Å². The van der Waals surface area contributed by atoms with Gasteiger partial charge in [0.2, 0.25) is 0 Å². The molecule has 0 radical (unpaired) electrons. The summed E-state index contributed by atoms with van der Waals surface area (Å²) in [7, 11) is 0. The van der Waals surface area contributed by atoms with Crippen LogP contribution in [0.15, 0.2) is 113 Å². The minimum absolute atomic E-state index is 0.0385. The molecule has 1 N–H and O–H groups in total.